The standard InChI is InChI=1S/C12F21NO/c13-1-5(16,17)2(14)7(20,21)3(15,6(1,18)19)10(26,27)4(8(1,22)23,9(2,24)25)35-12(30,31)11(28,29)34(32)33. The minimum atomic E-state index is -8.63. The average Bonchev–Trinajstić information content (AvgIpc) is 2.65. The Hall–Kier alpha value is -1.55. The van der Waals surface area contributed by atoms with E-state index in [1.165, 1.54) is 4.74 Å². The predicted octanol–water partition coefficient (Wildman–Crippen LogP) is 5.98. The number of ether oxygens (including phenoxy) is 1. The highest BCUT2D eigenvalue weighted by Crippen LogP contribution is 2.89. The second kappa shape index (κ2) is 5.79. The van der Waals surface area contributed by atoms with Gasteiger partial charge in [-0.1, -0.05) is 8.96 Å². The Morgan fingerprint density at radius 2 is 0.657 bits per heavy atom. The van der Waals surface area contributed by atoms with E-state index in [1.807, 2.05) is 0 Å². The quantitative estimate of drug-likeness (QED) is 0.234. The van der Waals surface area contributed by atoms with E-state index in [4.69, 9.17) is 0 Å². The van der Waals surface area contributed by atoms with Crippen molar-refractivity contribution < 1.29 is 97.1 Å². The second-order valence-electron chi connectivity index (χ2n) is 7.50. The lowest BCUT2D eigenvalue weighted by molar-refractivity contribution is -0.638. The Bertz CT molecular complexity index is 841. The van der Waals surface area contributed by atoms with Crippen molar-refractivity contribution in [2.45, 2.75) is 70.3 Å². The summed E-state index contributed by atoms with van der Waals surface area (Å²) in [5, 5.41) is -4.19. The van der Waals surface area contributed by atoms with Crippen molar-refractivity contribution in [2.24, 2.45) is 0 Å². The van der Waals surface area contributed by atoms with Gasteiger partial charge in [0.2, 0.25) is 0 Å². The van der Waals surface area contributed by atoms with Crippen molar-refractivity contribution in [3.63, 3.8) is 0 Å². The molecule has 0 saturated heterocycles. The summed E-state index contributed by atoms with van der Waals surface area (Å²) in [6, 6.07) is -7.73. The van der Waals surface area contributed by atoms with Crippen LogP contribution in [0.5, 0.6) is 0 Å². The summed E-state index contributed by atoms with van der Waals surface area (Å²) >= 11 is 0. The molecule has 206 valence electrons. The van der Waals surface area contributed by atoms with E-state index < -0.39 is 75.6 Å². The molecule has 4 aliphatic carbocycles. The number of hydrogen-bond acceptors (Lipinski definition) is 2. The zero-order chi connectivity index (χ0) is 28.3. The van der Waals surface area contributed by atoms with Gasteiger partial charge in [-0.25, -0.2) is 13.2 Å². The average molecular weight is 573 g/mol. The first-order valence-corrected chi connectivity index (χ1v) is 7.81. The van der Waals surface area contributed by atoms with Crippen molar-refractivity contribution in [3.8, 4) is 0 Å². The van der Waals surface area contributed by atoms with Gasteiger partial charge in [-0.15, -0.1) is 0 Å². The molecule has 0 aliphatic heterocycles. The van der Waals surface area contributed by atoms with Crippen molar-refractivity contribution >= 4 is 0 Å². The van der Waals surface area contributed by atoms with Crippen LogP contribution in [-0.4, -0.2) is 75.6 Å². The molecule has 0 aromatic rings. The minimum Gasteiger partial charge on any atom is -0.288 e. The topological polar surface area (TPSA) is 12.5 Å². The molecule has 23 heteroatoms. The molecular formula is C12F21NO. The van der Waals surface area contributed by atoms with Crippen LogP contribution in [0.15, 0.2) is 0 Å². The second-order valence-corrected chi connectivity index (χ2v) is 7.50. The van der Waals surface area contributed by atoms with Crippen LogP contribution < -0.4 is 0 Å². The van der Waals surface area contributed by atoms with Gasteiger partial charge in [0, 0.05) is 0 Å². The lowest BCUT2D eigenvalue weighted by Gasteiger charge is -2.74. The maximum Gasteiger partial charge on any atom is 0.447 e. The number of halogens is 21. The van der Waals surface area contributed by atoms with E-state index in [0.717, 1.165) is 0 Å². The number of alkyl halides is 19. The van der Waals surface area contributed by atoms with E-state index in [9.17, 15) is 92.4 Å². The van der Waals surface area contributed by atoms with Crippen LogP contribution in [0, 0.1) is 0 Å². The van der Waals surface area contributed by atoms with E-state index in [1.54, 1.807) is 0 Å². The summed E-state index contributed by atoms with van der Waals surface area (Å²) < 4.78 is 293. The molecule has 0 N–H and O–H groups in total. The van der Waals surface area contributed by atoms with Crippen LogP contribution in [0.3, 0.4) is 0 Å². The molecule has 4 bridgehead atoms. The molecule has 0 atom stereocenters. The monoisotopic (exact) mass is 573 g/mol. The van der Waals surface area contributed by atoms with Gasteiger partial charge in [0.25, 0.3) is 5.60 Å². The Morgan fingerprint density at radius 3 is 0.857 bits per heavy atom. The fourth-order valence-corrected chi connectivity index (χ4v) is 4.35. The predicted molar refractivity (Wildman–Crippen MR) is 59.0 cm³/mol. The van der Waals surface area contributed by atoms with Gasteiger partial charge >= 0.3 is 64.7 Å². The van der Waals surface area contributed by atoms with Gasteiger partial charge in [-0.2, -0.15) is 70.2 Å². The molecule has 4 rings (SSSR count). The maximum atomic E-state index is 14.6. The van der Waals surface area contributed by atoms with Gasteiger partial charge < -0.3 is 0 Å². The molecule has 0 heterocycles. The van der Waals surface area contributed by atoms with Crippen molar-refractivity contribution in [2.75, 3.05) is 0 Å². The lowest BCUT2D eigenvalue weighted by atomic mass is 9.40. The minimum absolute atomic E-state index is 1.51. The van der Waals surface area contributed by atoms with Crippen molar-refractivity contribution in [1.29, 1.82) is 0 Å². The first kappa shape index (κ1) is 28.0. The summed E-state index contributed by atoms with van der Waals surface area (Å²) in [6.07, 6.45) is -8.12. The smallest absolute Gasteiger partial charge is 0.288 e. The number of nitrogens with zero attached hydrogens (tertiary/aromatic N) is 1. The molecule has 35 heavy (non-hydrogen) atoms. The highest BCUT2D eigenvalue weighted by Gasteiger charge is 3.23. The maximum absolute atomic E-state index is 14.6. The third-order valence-corrected chi connectivity index (χ3v) is 6.06. The highest BCUT2D eigenvalue weighted by molar-refractivity contribution is 5.54. The molecule has 4 saturated carbocycles. The number of hydrogen-bond donors (Lipinski definition) is 0. The summed E-state index contributed by atoms with van der Waals surface area (Å²) in [7, 11) is 0. The first-order valence-electron chi connectivity index (χ1n) is 7.81. The molecule has 0 radical (unpaired) electrons. The summed E-state index contributed by atoms with van der Waals surface area (Å²) in [6.45, 7) is 0. The molecule has 4 fully saturated rings. The Balaban J connectivity index is 2.63. The molecule has 0 aromatic carbocycles. The third kappa shape index (κ3) is 1.85. The van der Waals surface area contributed by atoms with Crippen LogP contribution in [0.1, 0.15) is 0 Å². The largest absolute Gasteiger partial charge is 0.447 e. The van der Waals surface area contributed by atoms with Crippen LogP contribution in [0.4, 0.5) is 92.4 Å². The third-order valence-electron chi connectivity index (χ3n) is 6.06. The first-order chi connectivity index (χ1) is 14.9. The van der Waals surface area contributed by atoms with Gasteiger partial charge in [-0.3, -0.25) is 4.74 Å². The van der Waals surface area contributed by atoms with Crippen LogP contribution in [-0.2, 0) is 4.74 Å². The zero-order valence-electron chi connectivity index (χ0n) is 14.8. The van der Waals surface area contributed by atoms with E-state index in [2.05, 4.69) is 0 Å². The molecule has 0 aromatic heterocycles. The molecular weight excluding hydrogens is 573 g/mol. The van der Waals surface area contributed by atoms with E-state index >= 15 is 0 Å². The highest BCUT2D eigenvalue weighted by atomic mass is 19.4. The fourth-order valence-electron chi connectivity index (χ4n) is 4.35. The molecule has 4 aliphatic rings. The van der Waals surface area contributed by atoms with Crippen molar-refractivity contribution in [3.05, 3.63) is 0 Å². The van der Waals surface area contributed by atoms with Gasteiger partial charge in [-0.05, 0) is 0 Å². The zero-order valence-corrected chi connectivity index (χ0v) is 14.8. The Kier molecular flexibility index (Phi) is 4.64. The van der Waals surface area contributed by atoms with Crippen LogP contribution >= 0.6 is 0 Å². The van der Waals surface area contributed by atoms with Gasteiger partial charge in [0.05, 0.1) is 0 Å². The van der Waals surface area contributed by atoms with Crippen molar-refractivity contribution in [1.82, 2.24) is 5.34 Å². The molecule has 2 nitrogen and oxygen atoms in total. The SMILES string of the molecule is FN(F)C(F)(F)C(F)(F)OC12C(F)(F)C3(F)C(F)(F)C(F)(C(F)(F)C(F)(C3(F)F)C1(F)F)C2(F)F. The number of rotatable bonds is 4. The van der Waals surface area contributed by atoms with Crippen LogP contribution in [0.25, 0.3) is 0 Å². The van der Waals surface area contributed by atoms with E-state index in [0.29, 0.717) is 0 Å². The summed E-state index contributed by atoms with van der Waals surface area (Å²) in [5.74, 6) is -51.1. The molecule has 0 spiro atoms. The molecule has 0 amide bonds. The fraction of sp³-hybridized carbons (Fsp3) is 1.00. The van der Waals surface area contributed by atoms with Gasteiger partial charge in [0.15, 0.2) is 0 Å². The van der Waals surface area contributed by atoms with Crippen LogP contribution in [0.2, 0.25) is 0 Å². The Labute approximate surface area is 174 Å². The summed E-state index contributed by atoms with van der Waals surface area (Å²) in [4.78, 5) is 0. The van der Waals surface area contributed by atoms with E-state index in [-0.39, 0.29) is 0 Å². The molecule has 0 unspecified atom stereocenters. The van der Waals surface area contributed by atoms with Gasteiger partial charge in [0.1, 0.15) is 5.34 Å². The lowest BCUT2D eigenvalue weighted by Crippen LogP contribution is -3.10. The Morgan fingerprint density at radius 1 is 0.429 bits per heavy atom. The normalized spacial score (nSPS) is 44.1. The summed E-state index contributed by atoms with van der Waals surface area (Å²) in [5.41, 5.74) is -33.7.